The van der Waals surface area contributed by atoms with Crippen LogP contribution in [0.25, 0.3) is 10.1 Å². The molecule has 0 spiro atoms. The van der Waals surface area contributed by atoms with Crippen molar-refractivity contribution in [2.24, 2.45) is 0 Å². The highest BCUT2D eigenvalue weighted by atomic mass is 32.1. The van der Waals surface area contributed by atoms with E-state index < -0.39 is 5.41 Å². The Bertz CT molecular complexity index is 2700. The first-order valence-corrected chi connectivity index (χ1v) is 21.2. The average molecular weight is 730 g/mol. The quantitative estimate of drug-likeness (QED) is 0.164. The van der Waals surface area contributed by atoms with Gasteiger partial charge >= 0.3 is 0 Å². The van der Waals surface area contributed by atoms with Crippen LogP contribution >= 0.6 is 11.3 Å². The molecule has 11 rings (SSSR count). The summed E-state index contributed by atoms with van der Waals surface area (Å²) in [5, 5.41) is 1.36. The number of rotatable bonds is 3. The number of anilines is 3. The van der Waals surface area contributed by atoms with E-state index in [4.69, 9.17) is 0 Å². The molecule has 3 heteroatoms. The van der Waals surface area contributed by atoms with Gasteiger partial charge in [-0.3, -0.25) is 0 Å². The fourth-order valence-electron chi connectivity index (χ4n) is 10.4. The first-order valence-electron chi connectivity index (χ1n) is 20.4. The molecule has 0 saturated heterocycles. The number of hydrogen-bond donors (Lipinski definition) is 0. The maximum absolute atomic E-state index is 2.64. The van der Waals surface area contributed by atoms with Gasteiger partial charge in [-0.05, 0) is 140 Å². The number of fused-ring (bicyclic) bond motifs is 8. The van der Waals surface area contributed by atoms with Crippen molar-refractivity contribution in [1.29, 1.82) is 0 Å². The fourth-order valence-corrected chi connectivity index (χ4v) is 11.7. The predicted octanol–water partition coefficient (Wildman–Crippen LogP) is 11.0. The molecule has 1 aromatic heterocycles. The van der Waals surface area contributed by atoms with Gasteiger partial charge in [-0.25, -0.2) is 0 Å². The second-order valence-electron chi connectivity index (χ2n) is 18.9. The van der Waals surface area contributed by atoms with Crippen LogP contribution in [0.1, 0.15) is 103 Å². The Balaban J connectivity index is 1.33. The molecule has 0 radical (unpaired) electrons. The van der Waals surface area contributed by atoms with Crippen LogP contribution in [0.15, 0.2) is 115 Å². The number of aryl methyl sites for hydroxylation is 5. The Morgan fingerprint density at radius 3 is 1.82 bits per heavy atom. The Labute approximate surface area is 331 Å². The molecule has 7 aromatic rings. The summed E-state index contributed by atoms with van der Waals surface area (Å²) in [5.74, 6) is 0. The number of thiophene rings is 1. The van der Waals surface area contributed by atoms with Crippen molar-refractivity contribution in [3.05, 3.63) is 176 Å². The normalized spacial score (nSPS) is 16.1. The molecule has 0 N–H and O–H groups in total. The van der Waals surface area contributed by atoms with Crippen LogP contribution in [-0.2, 0) is 41.9 Å². The van der Waals surface area contributed by atoms with E-state index in [0.717, 1.165) is 12.8 Å². The Hall–Kier alpha value is -4.86. The fraction of sp³-hybridized carbons (Fsp3) is 0.269. The van der Waals surface area contributed by atoms with Gasteiger partial charge in [0.05, 0.1) is 11.1 Å². The van der Waals surface area contributed by atoms with Crippen molar-refractivity contribution in [1.82, 2.24) is 0 Å². The molecule has 0 unspecified atom stereocenters. The third-order valence-electron chi connectivity index (χ3n) is 13.5. The SMILES string of the molecule is Cc1cc2c3c(c1)C(c1ccc4c(c1)CC4)(c1ccc4c(c1)CC4)c1ccc(C(C)(C)C)cc1B3c1sc3ccc(C(C)(C)C)cc3c1N2c1ccccc1. The Kier molecular flexibility index (Phi) is 6.91. The number of nitrogens with zero attached hydrogens (tertiary/aromatic N) is 1. The van der Waals surface area contributed by atoms with Crippen molar-refractivity contribution in [3.63, 3.8) is 0 Å². The summed E-state index contributed by atoms with van der Waals surface area (Å²) in [4.78, 5) is 2.64. The molecule has 1 nitrogen and oxygen atoms in total. The molecule has 6 aromatic carbocycles. The van der Waals surface area contributed by atoms with Gasteiger partial charge in [-0.1, -0.05) is 132 Å². The molecule has 0 bridgehead atoms. The zero-order valence-corrected chi connectivity index (χ0v) is 34.0. The number of hydrogen-bond acceptors (Lipinski definition) is 2. The number of para-hydroxylation sites is 1. The maximum atomic E-state index is 2.64. The molecule has 2 aliphatic heterocycles. The summed E-state index contributed by atoms with van der Waals surface area (Å²) in [6.07, 6.45) is 4.70. The highest BCUT2D eigenvalue weighted by Gasteiger charge is 2.53. The van der Waals surface area contributed by atoms with Gasteiger partial charge in [0.25, 0.3) is 6.71 Å². The van der Waals surface area contributed by atoms with Crippen LogP contribution in [0.2, 0.25) is 0 Å². The maximum Gasteiger partial charge on any atom is 0.260 e. The summed E-state index contributed by atoms with van der Waals surface area (Å²) < 4.78 is 2.82. The summed E-state index contributed by atoms with van der Waals surface area (Å²) in [6.45, 7) is 16.6. The highest BCUT2D eigenvalue weighted by Crippen LogP contribution is 2.53. The molecule has 2 aliphatic carbocycles. The zero-order chi connectivity index (χ0) is 37.6. The minimum Gasteiger partial charge on any atom is -0.310 e. The second kappa shape index (κ2) is 11.4. The standard InChI is InChI=1S/C52H48BNS/c1-31-25-43-47-45(26-31)54(40-11-9-8-10-12-40)48-41-29-36(50(2,3)4)22-24-46(41)55-49(48)53(47)44-30-37(51(5,6)7)21-23-42(44)52(43,38-19-17-32-13-15-34(32)27-38)39-20-18-33-14-16-35(33)28-39/h8-12,17-30H,13-16H2,1-7H3. The largest absolute Gasteiger partial charge is 0.310 e. The predicted molar refractivity (Wildman–Crippen MR) is 236 cm³/mol. The van der Waals surface area contributed by atoms with E-state index in [-0.39, 0.29) is 17.5 Å². The monoisotopic (exact) mass is 729 g/mol. The third kappa shape index (κ3) is 4.66. The summed E-state index contributed by atoms with van der Waals surface area (Å²) in [7, 11) is 0. The summed E-state index contributed by atoms with van der Waals surface area (Å²) in [5.41, 5.74) is 22.3. The van der Waals surface area contributed by atoms with Crippen molar-refractivity contribution in [3.8, 4) is 0 Å². The summed E-state index contributed by atoms with van der Waals surface area (Å²) >= 11 is 2.01. The second-order valence-corrected chi connectivity index (χ2v) is 20.0. The lowest BCUT2D eigenvalue weighted by Crippen LogP contribution is -2.64. The van der Waals surface area contributed by atoms with Gasteiger partial charge < -0.3 is 4.90 Å². The topological polar surface area (TPSA) is 3.24 Å². The van der Waals surface area contributed by atoms with E-state index in [1.54, 1.807) is 0 Å². The lowest BCUT2D eigenvalue weighted by molar-refractivity contribution is 0.589. The minimum absolute atomic E-state index is 0.00865. The Morgan fingerprint density at radius 1 is 0.600 bits per heavy atom. The van der Waals surface area contributed by atoms with Gasteiger partial charge in [0, 0.05) is 26.2 Å². The van der Waals surface area contributed by atoms with Crippen molar-refractivity contribution < 1.29 is 0 Å². The molecule has 4 aliphatic rings. The minimum atomic E-state index is -0.469. The van der Waals surface area contributed by atoms with Gasteiger partial charge in [0.1, 0.15) is 0 Å². The van der Waals surface area contributed by atoms with Crippen LogP contribution in [0.5, 0.6) is 0 Å². The first kappa shape index (κ1) is 33.5. The van der Waals surface area contributed by atoms with Crippen LogP contribution in [0.4, 0.5) is 17.1 Å². The van der Waals surface area contributed by atoms with E-state index >= 15 is 0 Å². The first-order chi connectivity index (χ1) is 26.4. The Morgan fingerprint density at radius 2 is 1.22 bits per heavy atom. The van der Waals surface area contributed by atoms with E-state index in [9.17, 15) is 0 Å². The van der Waals surface area contributed by atoms with Crippen LogP contribution in [0.3, 0.4) is 0 Å². The van der Waals surface area contributed by atoms with E-state index in [0.29, 0.717) is 0 Å². The average Bonchev–Trinajstić information content (AvgIpc) is 3.51. The molecule has 0 saturated carbocycles. The van der Waals surface area contributed by atoms with Crippen LogP contribution in [0, 0.1) is 6.92 Å². The molecular weight excluding hydrogens is 681 g/mol. The highest BCUT2D eigenvalue weighted by molar-refractivity contribution is 7.33. The van der Waals surface area contributed by atoms with Crippen LogP contribution < -0.4 is 20.6 Å². The van der Waals surface area contributed by atoms with E-state index in [1.165, 1.54) is 117 Å². The summed E-state index contributed by atoms with van der Waals surface area (Å²) in [6, 6.07) is 46.2. The third-order valence-corrected chi connectivity index (χ3v) is 14.8. The van der Waals surface area contributed by atoms with Crippen molar-refractivity contribution in [2.75, 3.05) is 4.90 Å². The molecule has 270 valence electrons. The molecule has 0 amide bonds. The van der Waals surface area contributed by atoms with Crippen LogP contribution in [-0.4, -0.2) is 6.71 Å². The van der Waals surface area contributed by atoms with Gasteiger partial charge in [0.15, 0.2) is 0 Å². The van der Waals surface area contributed by atoms with E-state index in [2.05, 4.69) is 169 Å². The van der Waals surface area contributed by atoms with E-state index in [1.807, 2.05) is 11.3 Å². The molecule has 3 heterocycles. The van der Waals surface area contributed by atoms with Crippen molar-refractivity contribution in [2.45, 2.75) is 90.4 Å². The van der Waals surface area contributed by atoms with Gasteiger partial charge in [-0.15, -0.1) is 11.3 Å². The van der Waals surface area contributed by atoms with Crippen molar-refractivity contribution >= 4 is 60.9 Å². The number of benzene rings is 6. The smallest absolute Gasteiger partial charge is 0.260 e. The van der Waals surface area contributed by atoms with Gasteiger partial charge in [0.2, 0.25) is 0 Å². The lowest BCUT2D eigenvalue weighted by atomic mass is 9.31. The molecule has 0 atom stereocenters. The zero-order valence-electron chi connectivity index (χ0n) is 33.2. The molecular formula is C52H48BNS. The lowest BCUT2D eigenvalue weighted by Gasteiger charge is -2.49. The molecule has 0 fully saturated rings. The van der Waals surface area contributed by atoms with Gasteiger partial charge in [-0.2, -0.15) is 0 Å². The molecule has 55 heavy (non-hydrogen) atoms.